The fourth-order valence-corrected chi connectivity index (χ4v) is 2.40. The number of carbonyl (C=O) groups is 1. The monoisotopic (exact) mass is 315 g/mol. The van der Waals surface area contributed by atoms with Crippen molar-refractivity contribution in [3.63, 3.8) is 0 Å². The number of benzene rings is 1. The van der Waals surface area contributed by atoms with Gasteiger partial charge in [-0.05, 0) is 12.1 Å². The van der Waals surface area contributed by atoms with Gasteiger partial charge in [0, 0.05) is 31.5 Å². The van der Waals surface area contributed by atoms with Crippen LogP contribution in [-0.2, 0) is 15.3 Å². The Morgan fingerprint density at radius 3 is 2.74 bits per heavy atom. The van der Waals surface area contributed by atoms with E-state index in [1.165, 1.54) is 31.4 Å². The minimum Gasteiger partial charge on any atom is -0.459 e. The predicted molar refractivity (Wildman–Crippen MR) is 79.3 cm³/mol. The molecule has 0 fully saturated rings. The third kappa shape index (κ3) is 2.44. The molecule has 1 aliphatic heterocycles. The molecule has 23 heavy (non-hydrogen) atoms. The average Bonchev–Trinajstić information content (AvgIpc) is 3.15. The Morgan fingerprint density at radius 1 is 1.35 bits per heavy atom. The molecule has 8 heteroatoms. The molecular weight excluding hydrogens is 302 g/mol. The molecule has 1 atom stereocenters. The first-order chi connectivity index (χ1) is 10.9. The summed E-state index contributed by atoms with van der Waals surface area (Å²) in [4.78, 5) is 22.4. The summed E-state index contributed by atoms with van der Waals surface area (Å²) in [5, 5.41) is 16.3. The largest absolute Gasteiger partial charge is 0.459 e. The van der Waals surface area contributed by atoms with Gasteiger partial charge in [-0.2, -0.15) is 5.01 Å². The average molecular weight is 315 g/mol. The van der Waals surface area contributed by atoms with Gasteiger partial charge in [-0.25, -0.2) is 0 Å². The van der Waals surface area contributed by atoms with E-state index in [9.17, 15) is 14.9 Å². The van der Waals surface area contributed by atoms with Crippen LogP contribution < -0.4 is 0 Å². The van der Waals surface area contributed by atoms with Crippen molar-refractivity contribution in [2.45, 2.75) is 19.6 Å². The fraction of sp³-hybridized carbons (Fsp3) is 0.200. The molecule has 1 aromatic heterocycles. The number of amides is 1. The maximum atomic E-state index is 11.9. The second-order valence-corrected chi connectivity index (χ2v) is 5.11. The van der Waals surface area contributed by atoms with Gasteiger partial charge >= 0.3 is 0 Å². The van der Waals surface area contributed by atoms with Crippen LogP contribution in [0.5, 0.6) is 0 Å². The first-order valence-corrected chi connectivity index (χ1v) is 6.79. The van der Waals surface area contributed by atoms with Crippen molar-refractivity contribution in [3.05, 3.63) is 64.1 Å². The molecule has 2 aromatic rings. The zero-order chi connectivity index (χ0) is 16.6. The normalized spacial score (nSPS) is 20.1. The van der Waals surface area contributed by atoms with Crippen molar-refractivity contribution in [2.24, 2.45) is 5.10 Å². The quantitative estimate of drug-likeness (QED) is 0.640. The van der Waals surface area contributed by atoms with E-state index < -0.39 is 10.6 Å². The Morgan fingerprint density at radius 2 is 2.13 bits per heavy atom. The lowest BCUT2D eigenvalue weighted by molar-refractivity contribution is -0.385. The fourth-order valence-electron chi connectivity index (χ4n) is 2.40. The van der Waals surface area contributed by atoms with Crippen LogP contribution in [0.1, 0.15) is 25.2 Å². The Balaban J connectivity index is 2.05. The number of nitro groups is 1. The molecule has 1 amide bonds. The van der Waals surface area contributed by atoms with Crippen molar-refractivity contribution in [1.29, 1.82) is 0 Å². The van der Waals surface area contributed by atoms with Crippen LogP contribution in [0.25, 0.3) is 0 Å². The van der Waals surface area contributed by atoms with Crippen LogP contribution in [0.15, 0.2) is 52.2 Å². The zero-order valence-electron chi connectivity index (χ0n) is 12.4. The number of carbonyl (C=O) groups excluding carboxylic acids is 1. The molecule has 1 aromatic carbocycles. The Kier molecular flexibility index (Phi) is 3.36. The number of hydrogen-bond donors (Lipinski definition) is 0. The van der Waals surface area contributed by atoms with Crippen LogP contribution in [-0.4, -0.2) is 21.7 Å². The van der Waals surface area contributed by atoms with Crippen LogP contribution in [0.3, 0.4) is 0 Å². The van der Waals surface area contributed by atoms with Crippen molar-refractivity contribution in [3.8, 4) is 0 Å². The van der Waals surface area contributed by atoms with E-state index in [0.29, 0.717) is 11.3 Å². The highest BCUT2D eigenvalue weighted by atomic mass is 16.6. The van der Waals surface area contributed by atoms with Gasteiger partial charge in [-0.15, -0.1) is 5.10 Å². The molecule has 0 bridgehead atoms. The third-order valence-electron chi connectivity index (χ3n) is 3.51. The lowest BCUT2D eigenvalue weighted by atomic mass is 10.0. The molecule has 3 rings (SSSR count). The molecule has 0 spiro atoms. The molecule has 1 unspecified atom stereocenters. The summed E-state index contributed by atoms with van der Waals surface area (Å²) >= 11 is 0. The number of hydrogen-bond acceptors (Lipinski definition) is 6. The van der Waals surface area contributed by atoms with Gasteiger partial charge in [-0.3, -0.25) is 14.9 Å². The topological polar surface area (TPSA) is 98.2 Å². The van der Waals surface area contributed by atoms with E-state index in [4.69, 9.17) is 9.15 Å². The minimum absolute atomic E-state index is 0.0951. The van der Waals surface area contributed by atoms with E-state index in [1.54, 1.807) is 25.1 Å². The van der Waals surface area contributed by atoms with Gasteiger partial charge in [0.15, 0.2) is 5.76 Å². The maximum absolute atomic E-state index is 11.9. The molecule has 2 heterocycles. The van der Waals surface area contributed by atoms with Crippen molar-refractivity contribution in [2.75, 3.05) is 0 Å². The molecule has 0 aliphatic carbocycles. The number of furan rings is 1. The number of nitrogens with zero attached hydrogens (tertiary/aromatic N) is 3. The van der Waals surface area contributed by atoms with E-state index in [1.807, 2.05) is 0 Å². The maximum Gasteiger partial charge on any atom is 0.277 e. The van der Waals surface area contributed by atoms with Crippen LogP contribution >= 0.6 is 0 Å². The first kappa shape index (κ1) is 14.8. The summed E-state index contributed by atoms with van der Waals surface area (Å²) in [5.41, 5.74) is -0.950. The summed E-state index contributed by atoms with van der Waals surface area (Å²) in [6.45, 7) is 2.96. The Bertz CT molecular complexity index is 799. The van der Waals surface area contributed by atoms with E-state index in [-0.39, 0.29) is 17.5 Å². The van der Waals surface area contributed by atoms with Crippen molar-refractivity contribution >= 4 is 17.5 Å². The molecule has 0 saturated carbocycles. The van der Waals surface area contributed by atoms with Gasteiger partial charge in [0.2, 0.25) is 11.6 Å². The summed E-state index contributed by atoms with van der Waals surface area (Å²) in [6.07, 6.45) is 1.46. The SMILES string of the molecule is CC(=O)N1N=C(c2ccco2)OC1(C)c1cccc([N+](=O)[O-])c1. The standard InChI is InChI=1S/C15H13N3O5/c1-10(19)17-15(2,11-5-3-6-12(9-11)18(20)21)23-14(16-17)13-7-4-8-22-13/h3-9H,1-2H3. The van der Waals surface area contributed by atoms with E-state index in [2.05, 4.69) is 5.10 Å². The first-order valence-electron chi connectivity index (χ1n) is 6.79. The van der Waals surface area contributed by atoms with Crippen LogP contribution in [0.2, 0.25) is 0 Å². The van der Waals surface area contributed by atoms with Crippen molar-refractivity contribution < 1.29 is 18.9 Å². The smallest absolute Gasteiger partial charge is 0.277 e. The van der Waals surface area contributed by atoms with Gasteiger partial charge in [0.25, 0.3) is 11.6 Å². The van der Waals surface area contributed by atoms with E-state index >= 15 is 0 Å². The number of non-ortho nitro benzene ring substituents is 1. The Hall–Kier alpha value is -3.16. The third-order valence-corrected chi connectivity index (χ3v) is 3.51. The summed E-state index contributed by atoms with van der Waals surface area (Å²) in [5.74, 6) is 0.144. The highest BCUT2D eigenvalue weighted by molar-refractivity contribution is 5.94. The molecule has 118 valence electrons. The summed E-state index contributed by atoms with van der Waals surface area (Å²) in [7, 11) is 0. The number of rotatable bonds is 3. The number of ether oxygens (including phenoxy) is 1. The second kappa shape index (κ2) is 5.24. The number of hydrazone groups is 1. The van der Waals surface area contributed by atoms with Gasteiger partial charge in [-0.1, -0.05) is 12.1 Å². The molecular formula is C15H13N3O5. The highest BCUT2D eigenvalue weighted by Gasteiger charge is 2.46. The van der Waals surface area contributed by atoms with Gasteiger partial charge in [0.1, 0.15) is 0 Å². The number of nitro benzene ring substituents is 1. The molecule has 0 radical (unpaired) electrons. The van der Waals surface area contributed by atoms with Crippen LogP contribution in [0.4, 0.5) is 5.69 Å². The van der Waals surface area contributed by atoms with Crippen molar-refractivity contribution in [1.82, 2.24) is 5.01 Å². The Labute approximate surface area is 131 Å². The van der Waals surface area contributed by atoms with Gasteiger partial charge < -0.3 is 9.15 Å². The predicted octanol–water partition coefficient (Wildman–Crippen LogP) is 2.60. The van der Waals surface area contributed by atoms with Crippen LogP contribution in [0, 0.1) is 10.1 Å². The van der Waals surface area contributed by atoms with E-state index in [0.717, 1.165) is 5.01 Å². The lowest BCUT2D eigenvalue weighted by Gasteiger charge is -2.30. The second-order valence-electron chi connectivity index (χ2n) is 5.11. The summed E-state index contributed by atoms with van der Waals surface area (Å²) in [6, 6.07) is 9.22. The molecule has 1 aliphatic rings. The molecule has 0 N–H and O–H groups in total. The molecule has 0 saturated heterocycles. The zero-order valence-corrected chi connectivity index (χ0v) is 12.4. The molecule has 8 nitrogen and oxygen atoms in total. The van der Waals surface area contributed by atoms with Gasteiger partial charge in [0.05, 0.1) is 11.2 Å². The summed E-state index contributed by atoms with van der Waals surface area (Å²) < 4.78 is 11.1. The highest BCUT2D eigenvalue weighted by Crippen LogP contribution is 2.37. The lowest BCUT2D eigenvalue weighted by Crippen LogP contribution is -2.41. The minimum atomic E-state index is -1.29.